The van der Waals surface area contributed by atoms with E-state index in [2.05, 4.69) is 0 Å². The van der Waals surface area contributed by atoms with Crippen molar-refractivity contribution in [1.82, 2.24) is 0 Å². The van der Waals surface area contributed by atoms with Crippen molar-refractivity contribution in [1.29, 1.82) is 0 Å². The molecule has 26 heavy (non-hydrogen) atoms. The van der Waals surface area contributed by atoms with Crippen molar-refractivity contribution in [2.24, 2.45) is 0 Å². The lowest BCUT2D eigenvalue weighted by atomic mass is 10.2. The SMILES string of the molecule is COc1cc(C=CC(=O)O)ccc1O.O=c1cc(O)c2ccccc2o1. The van der Waals surface area contributed by atoms with E-state index in [-0.39, 0.29) is 11.5 Å². The number of fused-ring (bicyclic) bond motifs is 1. The number of rotatable bonds is 3. The van der Waals surface area contributed by atoms with Crippen molar-refractivity contribution in [2.75, 3.05) is 7.11 Å². The molecule has 1 aromatic heterocycles. The molecule has 0 radical (unpaired) electrons. The summed E-state index contributed by atoms with van der Waals surface area (Å²) in [6.45, 7) is 0. The van der Waals surface area contributed by atoms with Gasteiger partial charge >= 0.3 is 11.6 Å². The number of carbonyl (C=O) groups is 1. The standard InChI is InChI=1S/C10H10O4.C9H6O3/c1-14-9-6-7(2-4-8(9)11)3-5-10(12)13;10-7-5-9(11)12-8-4-2-1-3-6(7)8/h2-6,11H,1H3,(H,12,13);1-5,10H. The fourth-order valence-corrected chi connectivity index (χ4v) is 2.06. The molecule has 0 aliphatic rings. The molecule has 0 atom stereocenters. The summed E-state index contributed by atoms with van der Waals surface area (Å²) in [6, 6.07) is 12.5. The highest BCUT2D eigenvalue weighted by Gasteiger charge is 2.01. The van der Waals surface area contributed by atoms with Crippen molar-refractivity contribution < 1.29 is 29.3 Å². The highest BCUT2D eigenvalue weighted by molar-refractivity contribution is 5.85. The monoisotopic (exact) mass is 356 g/mol. The van der Waals surface area contributed by atoms with Crippen LogP contribution in [0.5, 0.6) is 17.2 Å². The lowest BCUT2D eigenvalue weighted by molar-refractivity contribution is -0.131. The molecule has 3 rings (SSSR count). The van der Waals surface area contributed by atoms with Gasteiger partial charge in [-0.1, -0.05) is 18.2 Å². The van der Waals surface area contributed by atoms with E-state index in [1.54, 1.807) is 36.4 Å². The molecule has 0 aliphatic heterocycles. The van der Waals surface area contributed by atoms with Crippen LogP contribution in [0.4, 0.5) is 0 Å². The molecule has 3 N–H and O–H groups in total. The summed E-state index contributed by atoms with van der Waals surface area (Å²) < 4.78 is 9.69. The molecule has 0 unspecified atom stereocenters. The molecule has 3 aromatic rings. The van der Waals surface area contributed by atoms with Gasteiger partial charge in [-0.15, -0.1) is 0 Å². The summed E-state index contributed by atoms with van der Waals surface area (Å²) in [6.07, 6.45) is 2.44. The van der Waals surface area contributed by atoms with Crippen LogP contribution in [-0.2, 0) is 4.79 Å². The molecule has 0 saturated carbocycles. The predicted molar refractivity (Wildman–Crippen MR) is 95.5 cm³/mol. The summed E-state index contributed by atoms with van der Waals surface area (Å²) in [7, 11) is 1.43. The number of ether oxygens (including phenoxy) is 1. The van der Waals surface area contributed by atoms with E-state index in [0.717, 1.165) is 12.1 Å². The first-order valence-corrected chi connectivity index (χ1v) is 7.40. The number of carboxylic acid groups (broad SMARTS) is 1. The van der Waals surface area contributed by atoms with Gasteiger partial charge < -0.3 is 24.5 Å². The minimum absolute atomic E-state index is 0.0278. The van der Waals surface area contributed by atoms with Gasteiger partial charge in [0.1, 0.15) is 11.3 Å². The van der Waals surface area contributed by atoms with E-state index in [0.29, 0.717) is 22.3 Å². The second-order valence-corrected chi connectivity index (χ2v) is 5.05. The molecule has 0 saturated heterocycles. The van der Waals surface area contributed by atoms with E-state index in [1.165, 1.54) is 19.3 Å². The highest BCUT2D eigenvalue weighted by Crippen LogP contribution is 2.26. The number of hydrogen-bond acceptors (Lipinski definition) is 6. The zero-order chi connectivity index (χ0) is 19.1. The van der Waals surface area contributed by atoms with E-state index < -0.39 is 11.6 Å². The molecule has 7 nitrogen and oxygen atoms in total. The number of aliphatic carboxylic acids is 1. The average molecular weight is 356 g/mol. The van der Waals surface area contributed by atoms with Crippen LogP contribution >= 0.6 is 0 Å². The lowest BCUT2D eigenvalue weighted by Crippen LogP contribution is -1.94. The van der Waals surface area contributed by atoms with Crippen molar-refractivity contribution in [3.05, 3.63) is 70.6 Å². The normalized spacial score (nSPS) is 10.3. The van der Waals surface area contributed by atoms with E-state index >= 15 is 0 Å². The Kier molecular flexibility index (Phi) is 6.00. The van der Waals surface area contributed by atoms with Gasteiger partial charge in [0.05, 0.1) is 18.6 Å². The maximum atomic E-state index is 10.8. The molecule has 0 spiro atoms. The summed E-state index contributed by atoms with van der Waals surface area (Å²) in [5.74, 6) is -0.712. The van der Waals surface area contributed by atoms with Crippen molar-refractivity contribution >= 4 is 23.0 Å². The van der Waals surface area contributed by atoms with E-state index in [9.17, 15) is 19.8 Å². The highest BCUT2D eigenvalue weighted by atomic mass is 16.5. The molecule has 0 bridgehead atoms. The third-order valence-corrected chi connectivity index (χ3v) is 3.25. The molecular formula is C19H16O7. The minimum Gasteiger partial charge on any atom is -0.507 e. The smallest absolute Gasteiger partial charge is 0.339 e. The minimum atomic E-state index is -1.02. The fraction of sp³-hybridized carbons (Fsp3) is 0.0526. The Labute approximate surface area is 148 Å². The Hall–Kier alpha value is -3.74. The van der Waals surface area contributed by atoms with Crippen molar-refractivity contribution in [3.8, 4) is 17.2 Å². The average Bonchev–Trinajstić information content (AvgIpc) is 2.61. The van der Waals surface area contributed by atoms with Gasteiger partial charge in [0.25, 0.3) is 0 Å². The largest absolute Gasteiger partial charge is 0.507 e. The summed E-state index contributed by atoms with van der Waals surface area (Å²) in [5, 5.41) is 27.5. The first-order chi connectivity index (χ1) is 12.4. The summed E-state index contributed by atoms with van der Waals surface area (Å²) in [4.78, 5) is 21.0. The second kappa shape index (κ2) is 8.39. The number of phenolic OH excluding ortho intramolecular Hbond substituents is 1. The van der Waals surface area contributed by atoms with Gasteiger partial charge in [-0.25, -0.2) is 9.59 Å². The fourth-order valence-electron chi connectivity index (χ4n) is 2.06. The molecule has 134 valence electrons. The van der Waals surface area contributed by atoms with Crippen molar-refractivity contribution in [3.63, 3.8) is 0 Å². The van der Waals surface area contributed by atoms with Crippen molar-refractivity contribution in [2.45, 2.75) is 0 Å². The number of hydrogen-bond donors (Lipinski definition) is 3. The van der Waals surface area contributed by atoms with Crippen LogP contribution in [-0.4, -0.2) is 28.4 Å². The third-order valence-electron chi connectivity index (χ3n) is 3.25. The molecule has 0 aliphatic carbocycles. The van der Waals surface area contributed by atoms with Gasteiger partial charge in [-0.05, 0) is 35.9 Å². The van der Waals surface area contributed by atoms with Crippen LogP contribution in [0.25, 0.3) is 17.0 Å². The Morgan fingerprint density at radius 1 is 1.08 bits per heavy atom. The van der Waals surface area contributed by atoms with Crippen LogP contribution < -0.4 is 10.4 Å². The van der Waals surface area contributed by atoms with Crippen LogP contribution in [0, 0.1) is 0 Å². The van der Waals surface area contributed by atoms with Crippen LogP contribution in [0.3, 0.4) is 0 Å². The van der Waals surface area contributed by atoms with Gasteiger partial charge in [0, 0.05) is 6.08 Å². The van der Waals surface area contributed by atoms with Gasteiger partial charge in [-0.3, -0.25) is 0 Å². The Balaban J connectivity index is 0.000000189. The quantitative estimate of drug-likeness (QED) is 0.488. The number of carboxylic acids is 1. The molecule has 0 amide bonds. The van der Waals surface area contributed by atoms with Gasteiger partial charge in [-0.2, -0.15) is 0 Å². The predicted octanol–water partition coefficient (Wildman–Crippen LogP) is 3.00. The number of aromatic hydroxyl groups is 2. The lowest BCUT2D eigenvalue weighted by Gasteiger charge is -2.03. The maximum absolute atomic E-state index is 10.8. The molecule has 7 heteroatoms. The maximum Gasteiger partial charge on any atom is 0.339 e. The third kappa shape index (κ3) is 4.88. The Morgan fingerprint density at radius 3 is 2.50 bits per heavy atom. The van der Waals surface area contributed by atoms with Gasteiger partial charge in [0.2, 0.25) is 0 Å². The topological polar surface area (TPSA) is 117 Å². The summed E-state index contributed by atoms with van der Waals surface area (Å²) >= 11 is 0. The Morgan fingerprint density at radius 2 is 1.81 bits per heavy atom. The molecule has 2 aromatic carbocycles. The van der Waals surface area contributed by atoms with Crippen LogP contribution in [0.2, 0.25) is 0 Å². The van der Waals surface area contributed by atoms with E-state index in [1.807, 2.05) is 0 Å². The molecule has 0 fully saturated rings. The number of benzene rings is 2. The Bertz CT molecular complexity index is 1000. The first kappa shape index (κ1) is 18.6. The molecular weight excluding hydrogens is 340 g/mol. The van der Waals surface area contributed by atoms with Crippen LogP contribution in [0.15, 0.2) is 63.8 Å². The zero-order valence-corrected chi connectivity index (χ0v) is 13.7. The number of para-hydroxylation sites is 1. The summed E-state index contributed by atoms with van der Waals surface area (Å²) in [5.41, 5.74) is 0.524. The molecule has 1 heterocycles. The second-order valence-electron chi connectivity index (χ2n) is 5.05. The van der Waals surface area contributed by atoms with Crippen LogP contribution in [0.1, 0.15) is 5.56 Å². The number of phenols is 1. The van der Waals surface area contributed by atoms with Gasteiger partial charge in [0.15, 0.2) is 11.5 Å². The first-order valence-electron chi connectivity index (χ1n) is 7.40. The number of methoxy groups -OCH3 is 1. The zero-order valence-electron chi connectivity index (χ0n) is 13.7. The van der Waals surface area contributed by atoms with E-state index in [4.69, 9.17) is 14.3 Å².